The van der Waals surface area contributed by atoms with Gasteiger partial charge in [-0.25, -0.2) is 9.37 Å². The number of pyridine rings is 1. The highest BCUT2D eigenvalue weighted by Crippen LogP contribution is 2.39. The summed E-state index contributed by atoms with van der Waals surface area (Å²) in [6.07, 6.45) is -0.0631. The molecule has 2 aromatic carbocycles. The molecule has 0 saturated carbocycles. The van der Waals surface area contributed by atoms with Gasteiger partial charge >= 0.3 is 6.18 Å². The number of carbonyl (C=O) groups excluding carboxylic acids is 1. The van der Waals surface area contributed by atoms with Gasteiger partial charge in [-0.3, -0.25) is 4.79 Å². The van der Waals surface area contributed by atoms with E-state index in [1.54, 1.807) is 30.3 Å². The van der Waals surface area contributed by atoms with Crippen molar-refractivity contribution in [2.75, 3.05) is 31.9 Å². The van der Waals surface area contributed by atoms with Crippen LogP contribution >= 0.6 is 0 Å². The van der Waals surface area contributed by atoms with E-state index in [0.717, 1.165) is 50.7 Å². The highest BCUT2D eigenvalue weighted by Gasteiger charge is 2.38. The van der Waals surface area contributed by atoms with Crippen molar-refractivity contribution in [3.05, 3.63) is 77.2 Å². The van der Waals surface area contributed by atoms with Gasteiger partial charge in [-0.1, -0.05) is 24.3 Å². The first kappa shape index (κ1) is 27.9. The molecule has 212 valence electrons. The van der Waals surface area contributed by atoms with Crippen molar-refractivity contribution in [2.24, 2.45) is 0 Å². The second-order valence-electron chi connectivity index (χ2n) is 10.4. The van der Waals surface area contributed by atoms with Crippen molar-refractivity contribution in [3.63, 3.8) is 0 Å². The second kappa shape index (κ2) is 11.4. The fraction of sp³-hybridized carbons (Fsp3) is 0.400. The summed E-state index contributed by atoms with van der Waals surface area (Å²) in [5, 5.41) is 0. The van der Waals surface area contributed by atoms with Gasteiger partial charge in [-0.05, 0) is 75.5 Å². The molecule has 40 heavy (non-hydrogen) atoms. The fourth-order valence-electron chi connectivity index (χ4n) is 5.67. The molecule has 6 nitrogen and oxygen atoms in total. The lowest BCUT2D eigenvalue weighted by Gasteiger charge is -2.28. The van der Waals surface area contributed by atoms with Gasteiger partial charge in [0.05, 0.1) is 5.56 Å². The number of likely N-dealkylation sites (tertiary alicyclic amines) is 2. The Labute approximate surface area is 230 Å². The van der Waals surface area contributed by atoms with Gasteiger partial charge in [0.15, 0.2) is 11.6 Å². The normalized spacial score (nSPS) is 18.7. The molecule has 2 atom stereocenters. The number of nitrogen functional groups attached to an aromatic ring is 1. The first-order chi connectivity index (χ1) is 19.1. The quantitative estimate of drug-likeness (QED) is 0.345. The van der Waals surface area contributed by atoms with Crippen molar-refractivity contribution in [3.8, 4) is 16.9 Å². The van der Waals surface area contributed by atoms with Crippen molar-refractivity contribution in [1.82, 2.24) is 14.8 Å². The molecule has 2 aliphatic heterocycles. The Bertz CT molecular complexity index is 1360. The average molecular weight is 557 g/mol. The summed E-state index contributed by atoms with van der Waals surface area (Å²) in [7, 11) is 0. The fourth-order valence-corrected chi connectivity index (χ4v) is 5.67. The van der Waals surface area contributed by atoms with Crippen LogP contribution in [0.2, 0.25) is 0 Å². The zero-order valence-electron chi connectivity index (χ0n) is 22.3. The molecule has 2 unspecified atom stereocenters. The van der Waals surface area contributed by atoms with E-state index in [2.05, 4.69) is 9.88 Å². The largest absolute Gasteiger partial charge is 0.482 e. The van der Waals surface area contributed by atoms with Gasteiger partial charge < -0.3 is 20.3 Å². The predicted octanol–water partition coefficient (Wildman–Crippen LogP) is 6.33. The zero-order valence-corrected chi connectivity index (χ0v) is 22.3. The van der Waals surface area contributed by atoms with Crippen LogP contribution in [0.25, 0.3) is 11.1 Å². The highest BCUT2D eigenvalue weighted by atomic mass is 19.4. The Balaban J connectivity index is 1.32. The topological polar surface area (TPSA) is 71.7 Å². The van der Waals surface area contributed by atoms with E-state index >= 15 is 0 Å². The van der Waals surface area contributed by atoms with Crippen molar-refractivity contribution in [1.29, 1.82) is 0 Å². The van der Waals surface area contributed by atoms with Crippen LogP contribution in [0.1, 0.15) is 60.2 Å². The van der Waals surface area contributed by atoms with Gasteiger partial charge in [-0.2, -0.15) is 13.2 Å². The molecule has 10 heteroatoms. The summed E-state index contributed by atoms with van der Waals surface area (Å²) in [5.41, 5.74) is 6.19. The van der Waals surface area contributed by atoms with Gasteiger partial charge in [0.25, 0.3) is 5.91 Å². The number of benzene rings is 2. The molecule has 5 rings (SSSR count). The minimum absolute atomic E-state index is 0.00885. The number of nitrogens with zero attached hydrogens (tertiary/aromatic N) is 3. The minimum Gasteiger partial charge on any atom is -0.482 e. The number of anilines is 1. The summed E-state index contributed by atoms with van der Waals surface area (Å²) in [4.78, 5) is 21.9. The van der Waals surface area contributed by atoms with Crippen LogP contribution in [0, 0.1) is 5.82 Å². The molecule has 3 aromatic rings. The van der Waals surface area contributed by atoms with E-state index in [0.29, 0.717) is 11.1 Å². The lowest BCUT2D eigenvalue weighted by molar-refractivity contribution is -0.141. The molecule has 2 fully saturated rings. The molecule has 0 aliphatic carbocycles. The van der Waals surface area contributed by atoms with Crippen molar-refractivity contribution < 1.29 is 27.1 Å². The van der Waals surface area contributed by atoms with Crippen LogP contribution in [-0.4, -0.2) is 52.9 Å². The Hall–Kier alpha value is -3.66. The third-order valence-electron chi connectivity index (χ3n) is 7.72. The molecule has 3 heterocycles. The Morgan fingerprint density at radius 1 is 1.07 bits per heavy atom. The van der Waals surface area contributed by atoms with E-state index in [1.165, 1.54) is 38.1 Å². The first-order valence-electron chi connectivity index (χ1n) is 13.5. The van der Waals surface area contributed by atoms with E-state index < -0.39 is 23.7 Å². The molecule has 0 bridgehead atoms. The molecule has 0 radical (unpaired) electrons. The molecular formula is C30H32F4N4O2. The number of alkyl halides is 3. The van der Waals surface area contributed by atoms with E-state index in [1.807, 2.05) is 4.90 Å². The molecule has 2 saturated heterocycles. The van der Waals surface area contributed by atoms with Crippen LogP contribution < -0.4 is 10.5 Å². The number of amides is 1. The van der Waals surface area contributed by atoms with E-state index in [9.17, 15) is 22.4 Å². The number of hydrogen-bond donors (Lipinski definition) is 1. The monoisotopic (exact) mass is 556 g/mol. The smallest absolute Gasteiger partial charge is 0.419 e. The Morgan fingerprint density at radius 3 is 2.50 bits per heavy atom. The molecular weight excluding hydrogens is 524 g/mol. The minimum atomic E-state index is -4.88. The number of carbonyl (C=O) groups is 1. The molecule has 1 aromatic heterocycles. The van der Waals surface area contributed by atoms with Gasteiger partial charge in [0, 0.05) is 42.0 Å². The summed E-state index contributed by atoms with van der Waals surface area (Å²) >= 11 is 0. The number of nitrogens with two attached hydrogens (primary N) is 1. The SMILES string of the molecule is CC(Oc1cc(-c2ccc(C(=O)N3CCCC3CN3CCCC3)cc2)cnc1N)c1cccc(F)c1C(F)(F)F. The van der Waals surface area contributed by atoms with Crippen LogP contribution in [0.5, 0.6) is 5.75 Å². The summed E-state index contributed by atoms with van der Waals surface area (Å²) in [5.74, 6) is -1.29. The number of rotatable bonds is 7. The zero-order chi connectivity index (χ0) is 28.4. The van der Waals surface area contributed by atoms with Gasteiger partial charge in [0.2, 0.25) is 0 Å². The number of hydrogen-bond acceptors (Lipinski definition) is 5. The highest BCUT2D eigenvalue weighted by molar-refractivity contribution is 5.95. The maximum absolute atomic E-state index is 14.1. The van der Waals surface area contributed by atoms with Crippen LogP contribution in [0.4, 0.5) is 23.4 Å². The number of halogens is 4. The van der Waals surface area contributed by atoms with Gasteiger partial charge in [0.1, 0.15) is 11.9 Å². The molecule has 2 aliphatic rings. The van der Waals surface area contributed by atoms with Crippen molar-refractivity contribution >= 4 is 11.7 Å². The average Bonchev–Trinajstić information content (AvgIpc) is 3.61. The lowest BCUT2D eigenvalue weighted by atomic mass is 10.0. The van der Waals surface area contributed by atoms with Crippen LogP contribution in [0.15, 0.2) is 54.7 Å². The number of aromatic nitrogens is 1. The van der Waals surface area contributed by atoms with Gasteiger partial charge in [-0.15, -0.1) is 0 Å². The Morgan fingerprint density at radius 2 is 1.80 bits per heavy atom. The first-order valence-corrected chi connectivity index (χ1v) is 13.5. The van der Waals surface area contributed by atoms with Crippen molar-refractivity contribution in [2.45, 2.75) is 50.9 Å². The molecule has 2 N–H and O–H groups in total. The predicted molar refractivity (Wildman–Crippen MR) is 144 cm³/mol. The van der Waals surface area contributed by atoms with Crippen LogP contribution in [0.3, 0.4) is 0 Å². The second-order valence-corrected chi connectivity index (χ2v) is 10.4. The molecule has 0 spiro atoms. The van der Waals surface area contributed by atoms with E-state index in [-0.39, 0.29) is 29.1 Å². The molecule has 1 amide bonds. The maximum Gasteiger partial charge on any atom is 0.419 e. The summed E-state index contributed by atoms with van der Waals surface area (Å²) in [6.45, 7) is 5.26. The maximum atomic E-state index is 14.1. The Kier molecular flexibility index (Phi) is 7.98. The third-order valence-corrected chi connectivity index (χ3v) is 7.72. The standard InChI is InChI=1S/C30H32F4N4O2/c1-19(24-7-4-8-25(31)27(24)30(32,33)34)40-26-16-22(17-36-28(26)35)20-9-11-21(12-10-20)29(39)38-15-5-6-23(38)18-37-13-2-3-14-37/h4,7-12,16-17,19,23H,2-3,5-6,13-15,18H2,1H3,(H2,35,36). The summed E-state index contributed by atoms with van der Waals surface area (Å²) in [6, 6.07) is 12.1. The third kappa shape index (κ3) is 5.91. The number of ether oxygens (including phenoxy) is 1. The van der Waals surface area contributed by atoms with Crippen LogP contribution in [-0.2, 0) is 6.18 Å². The summed E-state index contributed by atoms with van der Waals surface area (Å²) < 4.78 is 60.4. The van der Waals surface area contributed by atoms with E-state index in [4.69, 9.17) is 10.5 Å². The lowest BCUT2D eigenvalue weighted by Crippen LogP contribution is -2.42.